The molecule has 3 N–H and O–H groups in total. The molecule has 0 spiro atoms. The molecule has 1 aromatic carbocycles. The van der Waals surface area contributed by atoms with Gasteiger partial charge >= 0.3 is 0 Å². The quantitative estimate of drug-likeness (QED) is 0.873. The Balaban J connectivity index is 2.07. The van der Waals surface area contributed by atoms with E-state index in [1.807, 2.05) is 18.2 Å². The second kappa shape index (κ2) is 6.25. The number of hydrogen-bond acceptors (Lipinski definition) is 4. The molecule has 0 saturated carbocycles. The summed E-state index contributed by atoms with van der Waals surface area (Å²) in [7, 11) is 0. The van der Waals surface area contributed by atoms with Crippen LogP contribution in [0.5, 0.6) is 0 Å². The van der Waals surface area contributed by atoms with Gasteiger partial charge in [0.15, 0.2) is 0 Å². The summed E-state index contributed by atoms with van der Waals surface area (Å²) in [6.45, 7) is 3.19. The molecule has 1 saturated heterocycles. The number of nitrogens with one attached hydrogen (secondary N) is 1. The van der Waals surface area contributed by atoms with Gasteiger partial charge in [-0.25, -0.2) is 0 Å². The summed E-state index contributed by atoms with van der Waals surface area (Å²) in [4.78, 5) is 13.7. The predicted molar refractivity (Wildman–Crippen MR) is 81.3 cm³/mol. The minimum Gasteiger partial charge on any atom is -0.368 e. The molecule has 106 valence electrons. The highest BCUT2D eigenvalue weighted by Gasteiger charge is 2.26. The average molecular weight is 337 g/mol. The Morgan fingerprint density at radius 1 is 1.65 bits per heavy atom. The van der Waals surface area contributed by atoms with Crippen LogP contribution in [0.2, 0.25) is 0 Å². The number of carbonyl (C=O) groups excluding carboxylic acids is 1. The minimum absolute atomic E-state index is 0.0867. The van der Waals surface area contributed by atoms with Crippen molar-refractivity contribution in [2.45, 2.75) is 25.4 Å². The lowest BCUT2D eigenvalue weighted by atomic mass is 10.2. The van der Waals surface area contributed by atoms with Gasteiger partial charge in [0.25, 0.3) is 0 Å². The normalized spacial score (nSPS) is 19.5. The Morgan fingerprint density at radius 2 is 2.40 bits per heavy atom. The number of nitrogens with two attached hydrogens (primary N) is 1. The molecule has 0 aromatic heterocycles. The lowest BCUT2D eigenvalue weighted by Crippen LogP contribution is -2.44. The molecule has 2 atom stereocenters. The van der Waals surface area contributed by atoms with Gasteiger partial charge in [0, 0.05) is 23.6 Å². The Bertz CT molecular complexity index is 553. The molecule has 5 nitrogen and oxygen atoms in total. The number of anilines is 1. The van der Waals surface area contributed by atoms with E-state index < -0.39 is 6.04 Å². The summed E-state index contributed by atoms with van der Waals surface area (Å²) < 4.78 is 0.888. The SMILES string of the molecule is C[C@H](N)C(=O)N[C@H]1CCN(c2ccc(Br)cc2C#N)C1. The largest absolute Gasteiger partial charge is 0.368 e. The maximum absolute atomic E-state index is 11.6. The van der Waals surface area contributed by atoms with Crippen LogP contribution in [0.15, 0.2) is 22.7 Å². The summed E-state index contributed by atoms with van der Waals surface area (Å²) in [6, 6.07) is 7.46. The van der Waals surface area contributed by atoms with Gasteiger partial charge in [-0.05, 0) is 31.5 Å². The van der Waals surface area contributed by atoms with Crippen molar-refractivity contribution >= 4 is 27.5 Å². The zero-order valence-electron chi connectivity index (χ0n) is 11.3. The fraction of sp³-hybridized carbons (Fsp3) is 0.429. The molecule has 1 amide bonds. The third-order valence-electron chi connectivity index (χ3n) is 3.37. The molecule has 0 bridgehead atoms. The van der Waals surface area contributed by atoms with Crippen molar-refractivity contribution in [2.24, 2.45) is 5.73 Å². The lowest BCUT2D eigenvalue weighted by Gasteiger charge is -2.20. The Kier molecular flexibility index (Phi) is 4.63. The zero-order valence-corrected chi connectivity index (χ0v) is 12.9. The summed E-state index contributed by atoms with van der Waals surface area (Å²) in [5.74, 6) is -0.131. The molecule has 6 heteroatoms. The van der Waals surface area contributed by atoms with Gasteiger partial charge in [-0.1, -0.05) is 15.9 Å². The number of carbonyl (C=O) groups is 1. The Morgan fingerprint density at radius 3 is 3.05 bits per heavy atom. The van der Waals surface area contributed by atoms with Gasteiger partial charge in [-0.15, -0.1) is 0 Å². The molecule has 1 aliphatic heterocycles. The smallest absolute Gasteiger partial charge is 0.236 e. The van der Waals surface area contributed by atoms with Crippen molar-refractivity contribution in [3.8, 4) is 6.07 Å². The van der Waals surface area contributed by atoms with Crippen molar-refractivity contribution in [3.63, 3.8) is 0 Å². The third kappa shape index (κ3) is 3.30. The number of halogens is 1. The van der Waals surface area contributed by atoms with E-state index in [-0.39, 0.29) is 11.9 Å². The Hall–Kier alpha value is -1.58. The van der Waals surface area contributed by atoms with Crippen LogP contribution in [0, 0.1) is 11.3 Å². The summed E-state index contributed by atoms with van der Waals surface area (Å²) in [5.41, 5.74) is 7.10. The van der Waals surface area contributed by atoms with E-state index in [1.54, 1.807) is 6.92 Å². The van der Waals surface area contributed by atoms with Crippen molar-refractivity contribution in [1.29, 1.82) is 5.26 Å². The molecule has 2 rings (SSSR count). The van der Waals surface area contributed by atoms with E-state index in [0.717, 1.165) is 23.1 Å². The van der Waals surface area contributed by atoms with E-state index in [2.05, 4.69) is 32.2 Å². The predicted octanol–water partition coefficient (Wildman–Crippen LogP) is 1.36. The fourth-order valence-corrected chi connectivity index (χ4v) is 2.66. The maximum atomic E-state index is 11.6. The van der Waals surface area contributed by atoms with Crippen LogP contribution in [0.4, 0.5) is 5.69 Å². The number of amides is 1. The molecule has 0 unspecified atom stereocenters. The van der Waals surface area contributed by atoms with E-state index in [1.165, 1.54) is 0 Å². The third-order valence-corrected chi connectivity index (χ3v) is 3.86. The first-order valence-corrected chi connectivity index (χ1v) is 7.31. The van der Waals surface area contributed by atoms with Crippen LogP contribution < -0.4 is 16.0 Å². The second-order valence-electron chi connectivity index (χ2n) is 5.00. The maximum Gasteiger partial charge on any atom is 0.236 e. The number of nitrogens with zero attached hydrogens (tertiary/aromatic N) is 2. The fourth-order valence-electron chi connectivity index (χ4n) is 2.30. The molecule has 0 aliphatic carbocycles. The van der Waals surface area contributed by atoms with Gasteiger partial charge in [0.05, 0.1) is 17.3 Å². The van der Waals surface area contributed by atoms with Crippen molar-refractivity contribution in [3.05, 3.63) is 28.2 Å². The van der Waals surface area contributed by atoms with Crippen molar-refractivity contribution in [2.75, 3.05) is 18.0 Å². The van der Waals surface area contributed by atoms with E-state index in [4.69, 9.17) is 5.73 Å². The van der Waals surface area contributed by atoms with Gasteiger partial charge in [0.2, 0.25) is 5.91 Å². The highest BCUT2D eigenvalue weighted by atomic mass is 79.9. The first-order valence-electron chi connectivity index (χ1n) is 6.52. The number of rotatable bonds is 3. The van der Waals surface area contributed by atoms with Crippen LogP contribution in [0.3, 0.4) is 0 Å². The van der Waals surface area contributed by atoms with Crippen LogP contribution in [0.25, 0.3) is 0 Å². The standard InChI is InChI=1S/C14H17BrN4O/c1-9(17)14(20)18-12-4-5-19(8-12)13-3-2-11(15)6-10(13)7-16/h2-3,6,9,12H,4-5,8,17H2,1H3,(H,18,20)/t9-,12-/m0/s1. The first kappa shape index (κ1) is 14.8. The topological polar surface area (TPSA) is 82.2 Å². The van der Waals surface area contributed by atoms with E-state index >= 15 is 0 Å². The van der Waals surface area contributed by atoms with Crippen LogP contribution >= 0.6 is 15.9 Å². The Labute approximate surface area is 126 Å². The number of nitriles is 1. The monoisotopic (exact) mass is 336 g/mol. The van der Waals surface area contributed by atoms with Gasteiger partial charge in [-0.2, -0.15) is 5.26 Å². The van der Waals surface area contributed by atoms with E-state index in [9.17, 15) is 10.1 Å². The molecule has 0 radical (unpaired) electrons. The van der Waals surface area contributed by atoms with Crippen LogP contribution in [-0.2, 0) is 4.79 Å². The van der Waals surface area contributed by atoms with Gasteiger partial charge in [0.1, 0.15) is 6.07 Å². The lowest BCUT2D eigenvalue weighted by molar-refractivity contribution is -0.122. The molecule has 20 heavy (non-hydrogen) atoms. The second-order valence-corrected chi connectivity index (χ2v) is 5.92. The molecule has 1 aromatic rings. The van der Waals surface area contributed by atoms with Crippen LogP contribution in [0.1, 0.15) is 18.9 Å². The van der Waals surface area contributed by atoms with E-state index in [0.29, 0.717) is 12.1 Å². The zero-order chi connectivity index (χ0) is 14.7. The van der Waals surface area contributed by atoms with Crippen molar-refractivity contribution < 1.29 is 4.79 Å². The van der Waals surface area contributed by atoms with Gasteiger partial charge < -0.3 is 16.0 Å². The molecule has 1 fully saturated rings. The summed E-state index contributed by atoms with van der Waals surface area (Å²) in [5, 5.41) is 12.1. The number of hydrogen-bond donors (Lipinski definition) is 2. The first-order chi connectivity index (χ1) is 9.51. The highest BCUT2D eigenvalue weighted by Crippen LogP contribution is 2.27. The van der Waals surface area contributed by atoms with Gasteiger partial charge in [-0.3, -0.25) is 4.79 Å². The molecular formula is C14H17BrN4O. The molecule has 1 aliphatic rings. The van der Waals surface area contributed by atoms with Crippen LogP contribution in [-0.4, -0.2) is 31.1 Å². The van der Waals surface area contributed by atoms with Crippen molar-refractivity contribution in [1.82, 2.24) is 5.32 Å². The summed E-state index contributed by atoms with van der Waals surface area (Å²) in [6.07, 6.45) is 0.861. The molecule has 1 heterocycles. The highest BCUT2D eigenvalue weighted by molar-refractivity contribution is 9.10. The number of benzene rings is 1. The average Bonchev–Trinajstić information content (AvgIpc) is 2.86. The minimum atomic E-state index is -0.494. The summed E-state index contributed by atoms with van der Waals surface area (Å²) >= 11 is 3.37. The molecular weight excluding hydrogens is 320 g/mol.